The zero-order valence-corrected chi connectivity index (χ0v) is 10.2. The van der Waals surface area contributed by atoms with Gasteiger partial charge in [0, 0.05) is 12.5 Å². The van der Waals surface area contributed by atoms with Crippen molar-refractivity contribution in [2.24, 2.45) is 0 Å². The minimum absolute atomic E-state index is 0.0319. The third-order valence-electron chi connectivity index (χ3n) is 2.41. The fourth-order valence-electron chi connectivity index (χ4n) is 1.43. The third kappa shape index (κ3) is 3.90. The predicted molar refractivity (Wildman–Crippen MR) is 63.3 cm³/mol. The number of carboxylic acid groups (broad SMARTS) is 1. The quantitative estimate of drug-likeness (QED) is 0.781. The van der Waals surface area contributed by atoms with E-state index in [1.807, 2.05) is 13.8 Å². The summed E-state index contributed by atoms with van der Waals surface area (Å²) in [5.41, 5.74) is 0.817. The number of aromatic nitrogens is 2. The van der Waals surface area contributed by atoms with E-state index in [9.17, 15) is 4.79 Å². The number of anilines is 1. The number of methoxy groups -OCH3 is 1. The van der Waals surface area contributed by atoms with Gasteiger partial charge in [-0.05, 0) is 20.3 Å². The molecule has 94 valence electrons. The van der Waals surface area contributed by atoms with Crippen molar-refractivity contribution in [3.05, 3.63) is 11.9 Å². The van der Waals surface area contributed by atoms with E-state index in [4.69, 9.17) is 9.84 Å². The molecular weight excluding hydrogens is 222 g/mol. The Kier molecular flexibility index (Phi) is 4.68. The van der Waals surface area contributed by atoms with Gasteiger partial charge in [-0.25, -0.2) is 9.97 Å². The monoisotopic (exact) mass is 239 g/mol. The van der Waals surface area contributed by atoms with Gasteiger partial charge >= 0.3 is 5.97 Å². The van der Waals surface area contributed by atoms with Crippen LogP contribution >= 0.6 is 0 Å². The van der Waals surface area contributed by atoms with Crippen molar-refractivity contribution in [2.75, 3.05) is 12.4 Å². The first-order valence-electron chi connectivity index (χ1n) is 5.38. The van der Waals surface area contributed by atoms with Gasteiger partial charge in [0.15, 0.2) is 0 Å². The number of carboxylic acids is 1. The molecule has 1 heterocycles. The summed E-state index contributed by atoms with van der Waals surface area (Å²) < 4.78 is 5.08. The van der Waals surface area contributed by atoms with E-state index in [0.717, 1.165) is 5.56 Å². The molecule has 0 spiro atoms. The van der Waals surface area contributed by atoms with Crippen molar-refractivity contribution in [3.8, 4) is 5.88 Å². The molecular formula is C11H17N3O3. The Morgan fingerprint density at radius 3 is 2.88 bits per heavy atom. The number of rotatable bonds is 6. The van der Waals surface area contributed by atoms with Crippen molar-refractivity contribution in [1.29, 1.82) is 0 Å². The summed E-state index contributed by atoms with van der Waals surface area (Å²) in [5, 5.41) is 11.7. The van der Waals surface area contributed by atoms with E-state index >= 15 is 0 Å². The lowest BCUT2D eigenvalue weighted by Crippen LogP contribution is -2.18. The Morgan fingerprint density at radius 2 is 2.29 bits per heavy atom. The number of ether oxygens (including phenoxy) is 1. The largest absolute Gasteiger partial charge is 0.481 e. The highest BCUT2D eigenvalue weighted by Crippen LogP contribution is 2.20. The lowest BCUT2D eigenvalue weighted by atomic mass is 10.2. The number of nitrogens with zero attached hydrogens (tertiary/aromatic N) is 2. The van der Waals surface area contributed by atoms with Crippen LogP contribution in [0, 0.1) is 6.92 Å². The van der Waals surface area contributed by atoms with E-state index in [-0.39, 0.29) is 12.5 Å². The Labute approximate surface area is 100 Å². The molecule has 0 saturated carbocycles. The number of nitrogens with one attached hydrogen (secondary N) is 1. The van der Waals surface area contributed by atoms with Crippen LogP contribution in [0.5, 0.6) is 5.88 Å². The molecule has 0 amide bonds. The van der Waals surface area contributed by atoms with Gasteiger partial charge in [-0.3, -0.25) is 4.79 Å². The molecule has 0 aliphatic rings. The van der Waals surface area contributed by atoms with Crippen molar-refractivity contribution in [3.63, 3.8) is 0 Å². The molecule has 0 aliphatic heterocycles. The predicted octanol–water partition coefficient (Wildman–Crippen LogP) is 1.46. The smallest absolute Gasteiger partial charge is 0.303 e. The maximum absolute atomic E-state index is 10.5. The number of carbonyl (C=O) groups is 1. The second-order valence-corrected chi connectivity index (χ2v) is 3.83. The molecule has 0 fully saturated rings. The lowest BCUT2D eigenvalue weighted by molar-refractivity contribution is -0.137. The maximum atomic E-state index is 10.5. The first kappa shape index (κ1) is 13.2. The first-order valence-corrected chi connectivity index (χ1v) is 5.38. The molecule has 6 nitrogen and oxygen atoms in total. The van der Waals surface area contributed by atoms with E-state index in [1.165, 1.54) is 6.33 Å². The Hall–Kier alpha value is -1.85. The summed E-state index contributed by atoms with van der Waals surface area (Å²) >= 11 is 0. The first-order chi connectivity index (χ1) is 8.04. The van der Waals surface area contributed by atoms with Gasteiger partial charge in [-0.1, -0.05) is 0 Å². The van der Waals surface area contributed by atoms with Crippen LogP contribution in [0.2, 0.25) is 0 Å². The standard InChI is InChI=1S/C11H17N3O3/c1-7(4-5-9(15)16)14-10-8(2)11(17-3)13-6-12-10/h6-7H,4-5H2,1-3H3,(H,15,16)(H,12,13,14). The summed E-state index contributed by atoms with van der Waals surface area (Å²) in [6.45, 7) is 3.77. The fraction of sp³-hybridized carbons (Fsp3) is 0.545. The normalized spacial score (nSPS) is 11.9. The van der Waals surface area contributed by atoms with Gasteiger partial charge in [0.25, 0.3) is 0 Å². The molecule has 0 bridgehead atoms. The van der Waals surface area contributed by atoms with Crippen LogP contribution in [0.3, 0.4) is 0 Å². The maximum Gasteiger partial charge on any atom is 0.303 e. The van der Waals surface area contributed by atoms with E-state index in [2.05, 4.69) is 15.3 Å². The van der Waals surface area contributed by atoms with Crippen LogP contribution in [-0.2, 0) is 4.79 Å². The van der Waals surface area contributed by atoms with Crippen LogP contribution in [0.25, 0.3) is 0 Å². The molecule has 0 aromatic carbocycles. The average Bonchev–Trinajstić information content (AvgIpc) is 2.29. The van der Waals surface area contributed by atoms with Gasteiger partial charge in [0.1, 0.15) is 12.1 Å². The molecule has 1 aromatic heterocycles. The number of hydrogen-bond acceptors (Lipinski definition) is 5. The van der Waals surface area contributed by atoms with Crippen LogP contribution in [-0.4, -0.2) is 34.2 Å². The molecule has 1 atom stereocenters. The van der Waals surface area contributed by atoms with Crippen molar-refractivity contribution in [2.45, 2.75) is 32.7 Å². The van der Waals surface area contributed by atoms with Gasteiger partial charge < -0.3 is 15.2 Å². The summed E-state index contributed by atoms with van der Waals surface area (Å²) in [6.07, 6.45) is 2.09. The van der Waals surface area contributed by atoms with Crippen molar-refractivity contribution < 1.29 is 14.6 Å². The Bertz CT molecular complexity index is 396. The van der Waals surface area contributed by atoms with Crippen LogP contribution < -0.4 is 10.1 Å². The van der Waals surface area contributed by atoms with Crippen molar-refractivity contribution in [1.82, 2.24) is 9.97 Å². The molecule has 1 rings (SSSR count). The summed E-state index contributed by atoms with van der Waals surface area (Å²) in [6, 6.07) is 0.0319. The highest BCUT2D eigenvalue weighted by molar-refractivity contribution is 5.66. The molecule has 17 heavy (non-hydrogen) atoms. The second-order valence-electron chi connectivity index (χ2n) is 3.83. The third-order valence-corrected chi connectivity index (χ3v) is 2.41. The molecule has 1 aromatic rings. The molecule has 1 unspecified atom stereocenters. The topological polar surface area (TPSA) is 84.3 Å². The second kappa shape index (κ2) is 6.03. The highest BCUT2D eigenvalue weighted by Gasteiger charge is 2.10. The molecule has 2 N–H and O–H groups in total. The number of aliphatic carboxylic acids is 1. The van der Waals surface area contributed by atoms with Crippen LogP contribution in [0.4, 0.5) is 5.82 Å². The van der Waals surface area contributed by atoms with E-state index in [1.54, 1.807) is 7.11 Å². The summed E-state index contributed by atoms with van der Waals surface area (Å²) in [5.74, 6) is 0.401. The van der Waals surface area contributed by atoms with E-state index < -0.39 is 5.97 Å². The van der Waals surface area contributed by atoms with Gasteiger partial charge in [-0.15, -0.1) is 0 Å². The SMILES string of the molecule is COc1ncnc(NC(C)CCC(=O)O)c1C. The van der Waals surface area contributed by atoms with Crippen LogP contribution in [0.15, 0.2) is 6.33 Å². The fourth-order valence-corrected chi connectivity index (χ4v) is 1.43. The molecule has 6 heteroatoms. The molecule has 0 saturated heterocycles. The Morgan fingerprint density at radius 1 is 1.59 bits per heavy atom. The Balaban J connectivity index is 2.64. The summed E-state index contributed by atoms with van der Waals surface area (Å²) in [4.78, 5) is 18.5. The lowest BCUT2D eigenvalue weighted by Gasteiger charge is -2.15. The van der Waals surface area contributed by atoms with Gasteiger partial charge in [0.2, 0.25) is 5.88 Å². The van der Waals surface area contributed by atoms with Crippen LogP contribution in [0.1, 0.15) is 25.3 Å². The zero-order chi connectivity index (χ0) is 12.8. The molecule has 0 aliphatic carbocycles. The molecule has 0 radical (unpaired) electrons. The average molecular weight is 239 g/mol. The zero-order valence-electron chi connectivity index (χ0n) is 10.2. The minimum Gasteiger partial charge on any atom is -0.481 e. The van der Waals surface area contributed by atoms with Gasteiger partial charge in [0.05, 0.1) is 12.7 Å². The van der Waals surface area contributed by atoms with Crippen molar-refractivity contribution >= 4 is 11.8 Å². The van der Waals surface area contributed by atoms with Gasteiger partial charge in [-0.2, -0.15) is 0 Å². The highest BCUT2D eigenvalue weighted by atomic mass is 16.5. The number of hydrogen-bond donors (Lipinski definition) is 2. The van der Waals surface area contributed by atoms with E-state index in [0.29, 0.717) is 18.1 Å². The summed E-state index contributed by atoms with van der Waals surface area (Å²) in [7, 11) is 1.55. The minimum atomic E-state index is -0.796.